The molecule has 94 valence electrons. The lowest BCUT2D eigenvalue weighted by Crippen LogP contribution is -2.17. The van der Waals surface area contributed by atoms with E-state index < -0.39 is 0 Å². The number of methoxy groups -OCH3 is 1. The van der Waals surface area contributed by atoms with Gasteiger partial charge in [-0.25, -0.2) is 0 Å². The normalized spacial score (nSPS) is 10.3. The summed E-state index contributed by atoms with van der Waals surface area (Å²) in [6.07, 6.45) is 2.27. The standard InChI is InChI=1S/C12H13N3O2S/c1-17-9-5-3-4-8(6-9)7-10-11(16)13-12(18-2)15-14-10/h3-6H,7H2,1-2H3,(H,13,15,16). The van der Waals surface area contributed by atoms with Gasteiger partial charge in [0.15, 0.2) is 5.16 Å². The molecule has 1 N–H and O–H groups in total. The van der Waals surface area contributed by atoms with Crippen molar-refractivity contribution in [3.05, 3.63) is 45.9 Å². The Labute approximate surface area is 109 Å². The summed E-state index contributed by atoms with van der Waals surface area (Å²) in [7, 11) is 1.61. The Morgan fingerprint density at radius 3 is 2.89 bits per heavy atom. The van der Waals surface area contributed by atoms with Crippen molar-refractivity contribution in [3.8, 4) is 5.75 Å². The average Bonchev–Trinajstić information content (AvgIpc) is 2.41. The third kappa shape index (κ3) is 2.89. The molecule has 0 unspecified atom stereocenters. The van der Waals surface area contributed by atoms with E-state index in [0.717, 1.165) is 11.3 Å². The maximum atomic E-state index is 11.8. The van der Waals surface area contributed by atoms with E-state index in [1.807, 2.05) is 30.5 Å². The maximum Gasteiger partial charge on any atom is 0.273 e. The third-order valence-corrected chi connectivity index (χ3v) is 3.01. The number of H-pyrrole nitrogens is 1. The van der Waals surface area contributed by atoms with Gasteiger partial charge in [-0.05, 0) is 24.0 Å². The summed E-state index contributed by atoms with van der Waals surface area (Å²) in [5.41, 5.74) is 1.17. The smallest absolute Gasteiger partial charge is 0.273 e. The molecule has 1 aromatic heterocycles. The van der Waals surface area contributed by atoms with Crippen molar-refractivity contribution in [1.82, 2.24) is 15.2 Å². The van der Waals surface area contributed by atoms with Crippen LogP contribution < -0.4 is 10.3 Å². The monoisotopic (exact) mass is 263 g/mol. The van der Waals surface area contributed by atoms with Crippen molar-refractivity contribution in [3.63, 3.8) is 0 Å². The van der Waals surface area contributed by atoms with Gasteiger partial charge in [-0.15, -0.1) is 10.2 Å². The number of benzene rings is 1. The van der Waals surface area contributed by atoms with Crippen LogP contribution in [-0.4, -0.2) is 28.5 Å². The lowest BCUT2D eigenvalue weighted by molar-refractivity contribution is 0.414. The van der Waals surface area contributed by atoms with E-state index in [4.69, 9.17) is 4.74 Å². The largest absolute Gasteiger partial charge is 0.497 e. The number of hydrogen-bond donors (Lipinski definition) is 1. The summed E-state index contributed by atoms with van der Waals surface area (Å²) in [5, 5.41) is 8.39. The predicted octanol–water partition coefficient (Wildman–Crippen LogP) is 1.49. The van der Waals surface area contributed by atoms with E-state index in [0.29, 0.717) is 17.3 Å². The number of ether oxygens (including phenoxy) is 1. The summed E-state index contributed by atoms with van der Waals surface area (Å²) in [4.78, 5) is 14.4. The lowest BCUT2D eigenvalue weighted by Gasteiger charge is -2.03. The van der Waals surface area contributed by atoms with Gasteiger partial charge in [0.25, 0.3) is 5.56 Å². The lowest BCUT2D eigenvalue weighted by atomic mass is 10.1. The molecule has 5 nitrogen and oxygen atoms in total. The van der Waals surface area contributed by atoms with E-state index in [-0.39, 0.29) is 5.56 Å². The van der Waals surface area contributed by atoms with Gasteiger partial charge in [-0.3, -0.25) is 9.78 Å². The number of thioether (sulfide) groups is 1. The molecule has 0 aliphatic rings. The Hall–Kier alpha value is -1.82. The van der Waals surface area contributed by atoms with Crippen LogP contribution in [0.15, 0.2) is 34.2 Å². The van der Waals surface area contributed by atoms with E-state index in [9.17, 15) is 4.79 Å². The average molecular weight is 263 g/mol. The van der Waals surface area contributed by atoms with Gasteiger partial charge in [0, 0.05) is 6.42 Å². The Bertz CT molecular complexity index is 598. The summed E-state index contributed by atoms with van der Waals surface area (Å²) in [6.45, 7) is 0. The highest BCUT2D eigenvalue weighted by Crippen LogP contribution is 2.14. The fraction of sp³-hybridized carbons (Fsp3) is 0.250. The molecule has 6 heteroatoms. The molecule has 0 amide bonds. The number of nitrogens with zero attached hydrogens (tertiary/aromatic N) is 2. The summed E-state index contributed by atoms with van der Waals surface area (Å²) >= 11 is 1.35. The first-order valence-corrected chi connectivity index (χ1v) is 6.58. The number of nitrogens with one attached hydrogen (secondary N) is 1. The van der Waals surface area contributed by atoms with Crippen LogP contribution in [0.25, 0.3) is 0 Å². The second-order valence-electron chi connectivity index (χ2n) is 3.64. The quantitative estimate of drug-likeness (QED) is 0.846. The Kier molecular flexibility index (Phi) is 3.99. The molecule has 2 aromatic rings. The van der Waals surface area contributed by atoms with Crippen LogP contribution in [0.4, 0.5) is 0 Å². The molecular weight excluding hydrogens is 250 g/mol. The van der Waals surface area contributed by atoms with Gasteiger partial charge in [-0.1, -0.05) is 23.9 Å². The van der Waals surface area contributed by atoms with Crippen molar-refractivity contribution >= 4 is 11.8 Å². The van der Waals surface area contributed by atoms with Crippen LogP contribution in [0.2, 0.25) is 0 Å². The maximum absolute atomic E-state index is 11.8. The Morgan fingerprint density at radius 2 is 2.22 bits per heavy atom. The minimum absolute atomic E-state index is 0.197. The molecule has 0 spiro atoms. The van der Waals surface area contributed by atoms with Crippen LogP contribution in [0.5, 0.6) is 5.75 Å². The second kappa shape index (κ2) is 5.68. The van der Waals surface area contributed by atoms with Crippen molar-refractivity contribution < 1.29 is 4.74 Å². The van der Waals surface area contributed by atoms with Crippen molar-refractivity contribution in [2.24, 2.45) is 0 Å². The molecule has 0 saturated carbocycles. The van der Waals surface area contributed by atoms with E-state index in [1.165, 1.54) is 11.8 Å². The number of aromatic amines is 1. The SMILES string of the molecule is COc1cccc(Cc2nnc(SC)[nH]c2=O)c1. The minimum Gasteiger partial charge on any atom is -0.497 e. The Morgan fingerprint density at radius 1 is 1.39 bits per heavy atom. The fourth-order valence-corrected chi connectivity index (χ4v) is 1.85. The van der Waals surface area contributed by atoms with Crippen molar-refractivity contribution in [2.75, 3.05) is 13.4 Å². The first-order valence-electron chi connectivity index (χ1n) is 5.35. The highest BCUT2D eigenvalue weighted by atomic mass is 32.2. The van der Waals surface area contributed by atoms with Crippen LogP contribution in [0.3, 0.4) is 0 Å². The zero-order valence-corrected chi connectivity index (χ0v) is 11.0. The first kappa shape index (κ1) is 12.6. The highest BCUT2D eigenvalue weighted by molar-refractivity contribution is 7.98. The zero-order chi connectivity index (χ0) is 13.0. The molecular formula is C12H13N3O2S. The number of rotatable bonds is 4. The fourth-order valence-electron chi connectivity index (χ4n) is 1.53. The van der Waals surface area contributed by atoms with Crippen molar-refractivity contribution in [2.45, 2.75) is 11.6 Å². The van der Waals surface area contributed by atoms with Gasteiger partial charge in [-0.2, -0.15) is 0 Å². The Balaban J connectivity index is 2.25. The van der Waals surface area contributed by atoms with Gasteiger partial charge in [0.05, 0.1) is 7.11 Å². The molecule has 1 heterocycles. The minimum atomic E-state index is -0.197. The molecule has 0 aliphatic heterocycles. The van der Waals surface area contributed by atoms with Crippen LogP contribution in [0.1, 0.15) is 11.3 Å². The number of aromatic nitrogens is 3. The summed E-state index contributed by atoms with van der Waals surface area (Å²) in [6, 6.07) is 7.54. The first-order chi connectivity index (χ1) is 8.72. The van der Waals surface area contributed by atoms with E-state index in [1.54, 1.807) is 7.11 Å². The topological polar surface area (TPSA) is 67.9 Å². The van der Waals surface area contributed by atoms with Crippen LogP contribution in [-0.2, 0) is 6.42 Å². The molecule has 0 saturated heterocycles. The van der Waals surface area contributed by atoms with Crippen LogP contribution >= 0.6 is 11.8 Å². The predicted molar refractivity (Wildman–Crippen MR) is 70.2 cm³/mol. The summed E-state index contributed by atoms with van der Waals surface area (Å²) < 4.78 is 5.13. The summed E-state index contributed by atoms with van der Waals surface area (Å²) in [5.74, 6) is 0.762. The molecule has 0 aliphatic carbocycles. The van der Waals surface area contributed by atoms with E-state index >= 15 is 0 Å². The highest BCUT2D eigenvalue weighted by Gasteiger charge is 2.06. The van der Waals surface area contributed by atoms with Gasteiger partial charge < -0.3 is 4.74 Å². The van der Waals surface area contributed by atoms with Gasteiger partial charge in [0.2, 0.25) is 0 Å². The number of hydrogen-bond acceptors (Lipinski definition) is 5. The molecule has 0 radical (unpaired) electrons. The van der Waals surface area contributed by atoms with Gasteiger partial charge >= 0.3 is 0 Å². The third-order valence-electron chi connectivity index (χ3n) is 2.44. The van der Waals surface area contributed by atoms with Crippen molar-refractivity contribution in [1.29, 1.82) is 0 Å². The molecule has 2 rings (SSSR count). The second-order valence-corrected chi connectivity index (χ2v) is 4.43. The van der Waals surface area contributed by atoms with E-state index in [2.05, 4.69) is 15.2 Å². The molecule has 0 atom stereocenters. The zero-order valence-electron chi connectivity index (χ0n) is 10.1. The molecule has 1 aromatic carbocycles. The van der Waals surface area contributed by atoms with Crippen LogP contribution in [0, 0.1) is 0 Å². The molecule has 0 bridgehead atoms. The molecule has 0 fully saturated rings. The molecule has 18 heavy (non-hydrogen) atoms. The van der Waals surface area contributed by atoms with Gasteiger partial charge in [0.1, 0.15) is 11.4 Å².